The molecule has 3 nitrogen and oxygen atoms in total. The van der Waals surface area contributed by atoms with Crippen LogP contribution in [0.2, 0.25) is 0 Å². The zero-order valence-electron chi connectivity index (χ0n) is 13.1. The van der Waals surface area contributed by atoms with Gasteiger partial charge in [0.15, 0.2) is 0 Å². The number of hydrogen-bond acceptors (Lipinski definition) is 3. The lowest BCUT2D eigenvalue weighted by Crippen LogP contribution is -2.37. The minimum absolute atomic E-state index is 0.723. The first-order chi connectivity index (χ1) is 9.70. The molecule has 1 fully saturated rings. The monoisotopic (exact) mass is 276 g/mol. The van der Waals surface area contributed by atoms with Gasteiger partial charge in [0, 0.05) is 19.1 Å². The zero-order chi connectivity index (χ0) is 14.4. The largest absolute Gasteiger partial charge is 0.493 e. The van der Waals surface area contributed by atoms with Crippen LogP contribution in [0.4, 0.5) is 0 Å². The van der Waals surface area contributed by atoms with Gasteiger partial charge < -0.3 is 10.1 Å². The Hall–Kier alpha value is -1.06. The second-order valence-electron chi connectivity index (χ2n) is 5.75. The summed E-state index contributed by atoms with van der Waals surface area (Å²) in [6, 6.07) is 7.12. The molecule has 1 unspecified atom stereocenters. The number of hydrogen-bond donors (Lipinski definition) is 1. The van der Waals surface area contributed by atoms with Crippen LogP contribution in [0.5, 0.6) is 5.75 Å². The van der Waals surface area contributed by atoms with E-state index in [9.17, 15) is 0 Å². The molecule has 0 aromatic heterocycles. The van der Waals surface area contributed by atoms with E-state index in [4.69, 9.17) is 4.74 Å². The summed E-state index contributed by atoms with van der Waals surface area (Å²) in [6.45, 7) is 11.9. The Morgan fingerprint density at radius 1 is 1.35 bits per heavy atom. The van der Waals surface area contributed by atoms with E-state index in [0.717, 1.165) is 44.5 Å². The van der Waals surface area contributed by atoms with Gasteiger partial charge >= 0.3 is 0 Å². The number of nitrogens with one attached hydrogen (secondary N) is 1. The third-order valence-electron chi connectivity index (χ3n) is 4.15. The average Bonchev–Trinajstić information content (AvgIpc) is 2.96. The number of rotatable bonds is 7. The molecule has 20 heavy (non-hydrogen) atoms. The average molecular weight is 276 g/mol. The van der Waals surface area contributed by atoms with Gasteiger partial charge in [0.25, 0.3) is 0 Å². The van der Waals surface area contributed by atoms with Crippen LogP contribution in [0.15, 0.2) is 18.2 Å². The summed E-state index contributed by atoms with van der Waals surface area (Å²) in [5.74, 6) is 1.04. The molecule has 1 N–H and O–H groups in total. The first-order valence-electron chi connectivity index (χ1n) is 7.85. The van der Waals surface area contributed by atoms with E-state index >= 15 is 0 Å². The highest BCUT2D eigenvalue weighted by Gasteiger charge is 2.20. The lowest BCUT2D eigenvalue weighted by atomic mass is 10.1. The Bertz CT molecular complexity index is 413. The molecule has 0 saturated carbocycles. The van der Waals surface area contributed by atoms with E-state index < -0.39 is 0 Å². The molecule has 1 saturated heterocycles. The SMILES string of the molecule is CCN(CCCOc1cc(C)ccc1C)C1CCNC1. The Morgan fingerprint density at radius 2 is 2.20 bits per heavy atom. The van der Waals surface area contributed by atoms with Gasteiger partial charge in [-0.1, -0.05) is 19.1 Å². The summed E-state index contributed by atoms with van der Waals surface area (Å²) in [7, 11) is 0. The van der Waals surface area contributed by atoms with E-state index in [1.54, 1.807) is 0 Å². The Kier molecular flexibility index (Phi) is 5.86. The van der Waals surface area contributed by atoms with Crippen LogP contribution in [-0.4, -0.2) is 43.7 Å². The molecule has 1 aromatic rings. The predicted octanol–water partition coefficient (Wildman–Crippen LogP) is 2.76. The maximum Gasteiger partial charge on any atom is 0.122 e. The number of aryl methyl sites for hydroxylation is 2. The number of benzene rings is 1. The molecule has 0 aliphatic carbocycles. The molecule has 1 aliphatic heterocycles. The maximum absolute atomic E-state index is 5.93. The smallest absolute Gasteiger partial charge is 0.122 e. The van der Waals surface area contributed by atoms with Crippen molar-refractivity contribution in [3.05, 3.63) is 29.3 Å². The highest BCUT2D eigenvalue weighted by molar-refractivity contribution is 5.35. The van der Waals surface area contributed by atoms with Crippen molar-refractivity contribution < 1.29 is 4.74 Å². The number of nitrogens with zero attached hydrogens (tertiary/aromatic N) is 1. The molecule has 1 aromatic carbocycles. The molecular weight excluding hydrogens is 248 g/mol. The summed E-state index contributed by atoms with van der Waals surface area (Å²) in [5, 5.41) is 3.44. The summed E-state index contributed by atoms with van der Waals surface area (Å²) in [6.07, 6.45) is 2.38. The van der Waals surface area contributed by atoms with Crippen LogP contribution in [0, 0.1) is 13.8 Å². The molecule has 0 radical (unpaired) electrons. The number of likely N-dealkylation sites (N-methyl/N-ethyl adjacent to an activating group) is 1. The predicted molar refractivity (Wildman–Crippen MR) is 84.5 cm³/mol. The van der Waals surface area contributed by atoms with Crippen LogP contribution in [0.25, 0.3) is 0 Å². The van der Waals surface area contributed by atoms with Crippen molar-refractivity contribution in [1.82, 2.24) is 10.2 Å². The molecule has 1 heterocycles. The van der Waals surface area contributed by atoms with Crippen molar-refractivity contribution >= 4 is 0 Å². The quantitative estimate of drug-likeness (QED) is 0.775. The standard InChI is InChI=1S/C17H28N2O/c1-4-19(16-8-9-18-13-16)10-5-11-20-17-12-14(2)6-7-15(17)3/h6-7,12,16,18H,4-5,8-11,13H2,1-3H3. The molecule has 1 aliphatic rings. The van der Waals surface area contributed by atoms with Crippen LogP contribution in [0.1, 0.15) is 30.9 Å². The summed E-state index contributed by atoms with van der Waals surface area (Å²) in [5.41, 5.74) is 2.49. The van der Waals surface area contributed by atoms with Gasteiger partial charge in [0.2, 0.25) is 0 Å². The maximum atomic E-state index is 5.93. The third kappa shape index (κ3) is 4.22. The minimum atomic E-state index is 0.723. The van der Waals surface area contributed by atoms with E-state index in [1.165, 1.54) is 24.1 Å². The van der Waals surface area contributed by atoms with Gasteiger partial charge in [0.05, 0.1) is 6.61 Å². The Labute approximate surface area is 123 Å². The topological polar surface area (TPSA) is 24.5 Å². The van der Waals surface area contributed by atoms with Crippen molar-refractivity contribution in [2.75, 3.05) is 32.8 Å². The molecule has 3 heteroatoms. The van der Waals surface area contributed by atoms with Crippen molar-refractivity contribution in [1.29, 1.82) is 0 Å². The van der Waals surface area contributed by atoms with Gasteiger partial charge in [-0.15, -0.1) is 0 Å². The van der Waals surface area contributed by atoms with Crippen molar-refractivity contribution in [2.24, 2.45) is 0 Å². The highest BCUT2D eigenvalue weighted by atomic mass is 16.5. The lowest BCUT2D eigenvalue weighted by Gasteiger charge is -2.26. The third-order valence-corrected chi connectivity index (χ3v) is 4.15. The first kappa shape index (κ1) is 15.3. The van der Waals surface area contributed by atoms with E-state index in [-0.39, 0.29) is 0 Å². The van der Waals surface area contributed by atoms with E-state index in [1.807, 2.05) is 0 Å². The molecule has 1 atom stereocenters. The number of ether oxygens (including phenoxy) is 1. The fraction of sp³-hybridized carbons (Fsp3) is 0.647. The lowest BCUT2D eigenvalue weighted by molar-refractivity contribution is 0.196. The first-order valence-corrected chi connectivity index (χ1v) is 7.85. The van der Waals surface area contributed by atoms with Crippen LogP contribution < -0.4 is 10.1 Å². The fourth-order valence-corrected chi connectivity index (χ4v) is 2.86. The van der Waals surface area contributed by atoms with Crippen molar-refractivity contribution in [2.45, 2.75) is 39.7 Å². The highest BCUT2D eigenvalue weighted by Crippen LogP contribution is 2.19. The van der Waals surface area contributed by atoms with Gasteiger partial charge in [-0.3, -0.25) is 4.90 Å². The Balaban J connectivity index is 1.73. The summed E-state index contributed by atoms with van der Waals surface area (Å²) < 4.78 is 5.93. The van der Waals surface area contributed by atoms with E-state index in [2.05, 4.69) is 49.2 Å². The van der Waals surface area contributed by atoms with E-state index in [0.29, 0.717) is 0 Å². The van der Waals surface area contributed by atoms with Crippen LogP contribution >= 0.6 is 0 Å². The Morgan fingerprint density at radius 3 is 2.90 bits per heavy atom. The molecule has 0 bridgehead atoms. The van der Waals surface area contributed by atoms with Gasteiger partial charge in [-0.25, -0.2) is 0 Å². The second-order valence-corrected chi connectivity index (χ2v) is 5.75. The molecular formula is C17H28N2O. The van der Waals surface area contributed by atoms with Gasteiger partial charge in [0.1, 0.15) is 5.75 Å². The molecule has 0 amide bonds. The zero-order valence-corrected chi connectivity index (χ0v) is 13.1. The van der Waals surface area contributed by atoms with Gasteiger partial charge in [-0.05, 0) is 57.0 Å². The second kappa shape index (κ2) is 7.65. The van der Waals surface area contributed by atoms with Crippen LogP contribution in [0.3, 0.4) is 0 Å². The fourth-order valence-electron chi connectivity index (χ4n) is 2.86. The normalized spacial score (nSPS) is 18.7. The summed E-state index contributed by atoms with van der Waals surface area (Å²) >= 11 is 0. The van der Waals surface area contributed by atoms with Crippen molar-refractivity contribution in [3.8, 4) is 5.75 Å². The molecule has 0 spiro atoms. The summed E-state index contributed by atoms with van der Waals surface area (Å²) in [4.78, 5) is 2.58. The minimum Gasteiger partial charge on any atom is -0.493 e. The van der Waals surface area contributed by atoms with Crippen LogP contribution in [-0.2, 0) is 0 Å². The van der Waals surface area contributed by atoms with Gasteiger partial charge in [-0.2, -0.15) is 0 Å². The molecule has 2 rings (SSSR count). The van der Waals surface area contributed by atoms with Crippen molar-refractivity contribution in [3.63, 3.8) is 0 Å². The molecule has 112 valence electrons.